The van der Waals surface area contributed by atoms with E-state index in [-0.39, 0.29) is 49.3 Å². The van der Waals surface area contributed by atoms with Gasteiger partial charge in [0.05, 0.1) is 25.5 Å². The molecule has 1 aromatic heterocycles. The number of aliphatic hydroxyl groups is 1. The van der Waals surface area contributed by atoms with Gasteiger partial charge in [0.25, 0.3) is 0 Å². The van der Waals surface area contributed by atoms with Gasteiger partial charge in [-0.3, -0.25) is 9.59 Å². The van der Waals surface area contributed by atoms with Crippen LogP contribution in [-0.4, -0.2) is 65.3 Å². The van der Waals surface area contributed by atoms with E-state index in [0.29, 0.717) is 30.1 Å². The number of ether oxygens (including phenoxy) is 1. The Morgan fingerprint density at radius 1 is 1.25 bits per heavy atom. The highest BCUT2D eigenvalue weighted by atomic mass is 16.5. The lowest BCUT2D eigenvalue weighted by Gasteiger charge is -2.32. The van der Waals surface area contributed by atoms with Crippen LogP contribution in [0.15, 0.2) is 48.7 Å². The highest BCUT2D eigenvalue weighted by Crippen LogP contribution is 2.29. The predicted octanol–water partition coefficient (Wildman–Crippen LogP) is 2.73. The fourth-order valence-electron chi connectivity index (χ4n) is 4.90. The molecule has 0 saturated heterocycles. The number of nitrogens with zero attached hydrogens (tertiary/aromatic N) is 2. The van der Waals surface area contributed by atoms with Crippen LogP contribution in [0.2, 0.25) is 0 Å². The number of rotatable bonds is 7. The Hall–Kier alpha value is -3.36. The maximum absolute atomic E-state index is 13.2. The molecule has 0 bridgehead atoms. The molecular formula is C28H36N4O4. The summed E-state index contributed by atoms with van der Waals surface area (Å²) in [7, 11) is 3.85. The summed E-state index contributed by atoms with van der Waals surface area (Å²) >= 11 is 0. The number of carbonyl (C=O) groups excluding carboxylic acids is 2. The fraction of sp³-hybridized carbons (Fsp3) is 0.429. The first-order chi connectivity index (χ1) is 17.3. The first kappa shape index (κ1) is 25.7. The number of hydrogen-bond donors (Lipinski definition) is 3. The van der Waals surface area contributed by atoms with E-state index < -0.39 is 0 Å². The number of amides is 2. The zero-order chi connectivity index (χ0) is 25.8. The SMILES string of the molecule is CNC[C@@H]1Oc2ccc(NC(=O)Cc3cn(C)c4ccccc34)cc2CC(=O)N([C@@H](C)CO)C[C@@H]1C. The summed E-state index contributed by atoms with van der Waals surface area (Å²) in [5.74, 6) is 0.499. The molecule has 0 spiro atoms. The number of aryl methyl sites for hydroxylation is 1. The Kier molecular flexibility index (Phi) is 7.96. The lowest BCUT2D eigenvalue weighted by Crippen LogP contribution is -2.47. The van der Waals surface area contributed by atoms with Crippen molar-refractivity contribution in [1.29, 1.82) is 0 Å². The van der Waals surface area contributed by atoms with Gasteiger partial charge in [-0.1, -0.05) is 25.1 Å². The van der Waals surface area contributed by atoms with Gasteiger partial charge in [0.1, 0.15) is 11.9 Å². The van der Waals surface area contributed by atoms with Crippen LogP contribution in [0.5, 0.6) is 5.75 Å². The lowest BCUT2D eigenvalue weighted by molar-refractivity contribution is -0.134. The van der Waals surface area contributed by atoms with Gasteiger partial charge in [0.15, 0.2) is 0 Å². The molecule has 36 heavy (non-hydrogen) atoms. The molecule has 2 heterocycles. The highest BCUT2D eigenvalue weighted by Gasteiger charge is 2.30. The van der Waals surface area contributed by atoms with Crippen LogP contribution < -0.4 is 15.4 Å². The second kappa shape index (κ2) is 11.1. The van der Waals surface area contributed by atoms with Crippen LogP contribution in [0.3, 0.4) is 0 Å². The minimum absolute atomic E-state index is 0.0569. The zero-order valence-electron chi connectivity index (χ0n) is 21.5. The number of para-hydroxylation sites is 1. The molecule has 8 heteroatoms. The quantitative estimate of drug-likeness (QED) is 0.471. The Balaban J connectivity index is 1.57. The van der Waals surface area contributed by atoms with Crippen LogP contribution in [0.25, 0.3) is 10.9 Å². The molecule has 8 nitrogen and oxygen atoms in total. The number of nitrogens with one attached hydrogen (secondary N) is 2. The molecule has 3 aromatic rings. The van der Waals surface area contributed by atoms with Crippen molar-refractivity contribution in [2.24, 2.45) is 13.0 Å². The van der Waals surface area contributed by atoms with Crippen molar-refractivity contribution < 1.29 is 19.4 Å². The first-order valence-corrected chi connectivity index (χ1v) is 12.5. The number of carbonyl (C=O) groups is 2. The Bertz CT molecular complexity index is 1240. The number of aliphatic hydroxyl groups excluding tert-OH is 1. The molecule has 2 aromatic carbocycles. The Morgan fingerprint density at radius 2 is 2.03 bits per heavy atom. The van der Waals surface area contributed by atoms with Gasteiger partial charge in [0, 0.05) is 54.4 Å². The van der Waals surface area contributed by atoms with Gasteiger partial charge < -0.3 is 29.9 Å². The van der Waals surface area contributed by atoms with Gasteiger partial charge in [-0.2, -0.15) is 0 Å². The Labute approximate surface area is 212 Å². The van der Waals surface area contributed by atoms with Gasteiger partial charge >= 0.3 is 0 Å². The summed E-state index contributed by atoms with van der Waals surface area (Å²) in [6, 6.07) is 13.2. The number of hydrogen-bond acceptors (Lipinski definition) is 5. The molecule has 192 valence electrons. The fourth-order valence-corrected chi connectivity index (χ4v) is 4.90. The van der Waals surface area contributed by atoms with E-state index in [1.807, 2.05) is 74.2 Å². The topological polar surface area (TPSA) is 95.8 Å². The minimum Gasteiger partial charge on any atom is -0.488 e. The Morgan fingerprint density at radius 3 is 2.78 bits per heavy atom. The first-order valence-electron chi connectivity index (χ1n) is 12.5. The van der Waals surface area contributed by atoms with Crippen molar-refractivity contribution in [3.63, 3.8) is 0 Å². The summed E-state index contributed by atoms with van der Waals surface area (Å²) < 4.78 is 8.39. The van der Waals surface area contributed by atoms with Crippen molar-refractivity contribution in [2.75, 3.05) is 32.1 Å². The zero-order valence-corrected chi connectivity index (χ0v) is 21.5. The molecule has 2 amide bonds. The molecule has 4 rings (SSSR count). The molecular weight excluding hydrogens is 456 g/mol. The second-order valence-electron chi connectivity index (χ2n) is 9.78. The van der Waals surface area contributed by atoms with Gasteiger partial charge in [-0.25, -0.2) is 0 Å². The van der Waals surface area contributed by atoms with E-state index in [0.717, 1.165) is 16.5 Å². The largest absolute Gasteiger partial charge is 0.488 e. The van der Waals surface area contributed by atoms with Gasteiger partial charge in [0.2, 0.25) is 11.8 Å². The number of aromatic nitrogens is 1. The molecule has 3 atom stereocenters. The highest BCUT2D eigenvalue weighted by molar-refractivity contribution is 5.96. The average molecular weight is 493 g/mol. The lowest BCUT2D eigenvalue weighted by atomic mass is 10.0. The van der Waals surface area contributed by atoms with Crippen molar-refractivity contribution in [1.82, 2.24) is 14.8 Å². The summed E-state index contributed by atoms with van der Waals surface area (Å²) in [4.78, 5) is 27.9. The molecule has 0 saturated carbocycles. The molecule has 0 aliphatic carbocycles. The van der Waals surface area contributed by atoms with Crippen LogP contribution in [-0.2, 0) is 29.5 Å². The van der Waals surface area contributed by atoms with E-state index in [2.05, 4.69) is 17.6 Å². The number of likely N-dealkylation sites (N-methyl/N-ethyl adjacent to an activating group) is 1. The standard InChI is InChI=1S/C28H36N4O4/c1-18-15-32(19(2)17-33)28(35)13-20-11-22(9-10-25(20)36-26(18)14-29-3)30-27(34)12-21-16-31(4)24-8-6-5-7-23(21)24/h5-11,16,18-19,26,29,33H,12-15,17H2,1-4H3,(H,30,34)/t18-,19-,26-/m0/s1. The van der Waals surface area contributed by atoms with E-state index in [9.17, 15) is 14.7 Å². The molecule has 1 aliphatic heterocycles. The predicted molar refractivity (Wildman–Crippen MR) is 141 cm³/mol. The van der Waals surface area contributed by atoms with Gasteiger partial charge in [-0.05, 0) is 43.8 Å². The van der Waals surface area contributed by atoms with Crippen molar-refractivity contribution >= 4 is 28.4 Å². The minimum atomic E-state index is -0.291. The molecule has 0 fully saturated rings. The third-order valence-electron chi connectivity index (χ3n) is 6.94. The van der Waals surface area contributed by atoms with Crippen LogP contribution in [0, 0.1) is 5.92 Å². The van der Waals surface area contributed by atoms with Crippen molar-refractivity contribution in [2.45, 2.75) is 38.8 Å². The normalized spacial score (nSPS) is 19.1. The molecule has 3 N–H and O–H groups in total. The third kappa shape index (κ3) is 5.55. The van der Waals surface area contributed by atoms with Crippen LogP contribution >= 0.6 is 0 Å². The van der Waals surface area contributed by atoms with Gasteiger partial charge in [-0.15, -0.1) is 0 Å². The van der Waals surface area contributed by atoms with E-state index in [1.54, 1.807) is 4.90 Å². The molecule has 0 radical (unpaired) electrons. The number of fused-ring (bicyclic) bond motifs is 2. The smallest absolute Gasteiger partial charge is 0.228 e. The summed E-state index contributed by atoms with van der Waals surface area (Å²) in [6.45, 7) is 4.92. The maximum atomic E-state index is 13.2. The molecule has 0 unspecified atom stereocenters. The number of benzene rings is 2. The van der Waals surface area contributed by atoms with Crippen molar-refractivity contribution in [3.8, 4) is 5.75 Å². The van der Waals surface area contributed by atoms with Crippen molar-refractivity contribution in [3.05, 3.63) is 59.8 Å². The van der Waals surface area contributed by atoms with E-state index in [1.165, 1.54) is 0 Å². The monoisotopic (exact) mass is 492 g/mol. The summed E-state index contributed by atoms with van der Waals surface area (Å²) in [5, 5.41) is 17.0. The average Bonchev–Trinajstić information content (AvgIpc) is 3.19. The van der Waals surface area contributed by atoms with Crippen LogP contribution in [0.1, 0.15) is 25.0 Å². The van der Waals surface area contributed by atoms with E-state index in [4.69, 9.17) is 4.74 Å². The molecule has 1 aliphatic rings. The summed E-state index contributed by atoms with van der Waals surface area (Å²) in [6.07, 6.45) is 2.21. The summed E-state index contributed by atoms with van der Waals surface area (Å²) in [5.41, 5.74) is 3.38. The van der Waals surface area contributed by atoms with Crippen LogP contribution in [0.4, 0.5) is 5.69 Å². The third-order valence-corrected chi connectivity index (χ3v) is 6.94. The number of anilines is 1. The maximum Gasteiger partial charge on any atom is 0.228 e. The second-order valence-corrected chi connectivity index (χ2v) is 9.78. The van der Waals surface area contributed by atoms with E-state index >= 15 is 0 Å².